The molecule has 0 aliphatic carbocycles. The second-order valence-electron chi connectivity index (χ2n) is 5.10. The van der Waals surface area contributed by atoms with Crippen LogP contribution in [0.15, 0.2) is 12.4 Å². The third-order valence-corrected chi connectivity index (χ3v) is 3.67. The second-order valence-corrected chi connectivity index (χ2v) is 5.10. The third kappa shape index (κ3) is 5.23. The highest BCUT2D eigenvalue weighted by Gasteiger charge is 2.09. The molecule has 1 aromatic rings. The zero-order valence-corrected chi connectivity index (χ0v) is 13.0. The maximum Gasteiger partial charge on any atom is 0.203 e. The number of hydrogen-bond donors (Lipinski definition) is 1. The number of imidazole rings is 1. The van der Waals surface area contributed by atoms with Gasteiger partial charge < -0.3 is 14.8 Å². The molecule has 19 heavy (non-hydrogen) atoms. The Balaban J connectivity index is 2.40. The van der Waals surface area contributed by atoms with Crippen molar-refractivity contribution in [2.75, 3.05) is 31.5 Å². The van der Waals surface area contributed by atoms with E-state index in [0.717, 1.165) is 32.0 Å². The number of nitrogens with one attached hydrogen (secondary N) is 1. The van der Waals surface area contributed by atoms with Crippen LogP contribution in [0.25, 0.3) is 0 Å². The van der Waals surface area contributed by atoms with Crippen molar-refractivity contribution < 1.29 is 0 Å². The monoisotopic (exact) mass is 266 g/mol. The van der Waals surface area contributed by atoms with Crippen molar-refractivity contribution in [3.8, 4) is 0 Å². The fraction of sp³-hybridized carbons (Fsp3) is 0.800. The Labute approximate surface area is 118 Å². The molecule has 1 aromatic heterocycles. The van der Waals surface area contributed by atoms with Gasteiger partial charge in [-0.3, -0.25) is 0 Å². The Hall–Kier alpha value is -1.03. The molecule has 0 aliphatic rings. The van der Waals surface area contributed by atoms with E-state index in [-0.39, 0.29) is 0 Å². The standard InChI is InChI=1S/C15H30N4/c1-5-10-16-15-17-11-13-19(15)14(4)9-8-12-18(6-2)7-3/h11,13-14H,5-10,12H2,1-4H3,(H,16,17). The number of nitrogens with zero attached hydrogens (tertiary/aromatic N) is 3. The zero-order valence-electron chi connectivity index (χ0n) is 13.0. The van der Waals surface area contributed by atoms with Crippen LogP contribution in [0.1, 0.15) is 53.0 Å². The maximum atomic E-state index is 4.39. The lowest BCUT2D eigenvalue weighted by Crippen LogP contribution is -2.24. The molecule has 0 bridgehead atoms. The second kappa shape index (κ2) is 8.97. The number of hydrogen-bond acceptors (Lipinski definition) is 3. The summed E-state index contributed by atoms with van der Waals surface area (Å²) in [5.41, 5.74) is 0. The summed E-state index contributed by atoms with van der Waals surface area (Å²) >= 11 is 0. The van der Waals surface area contributed by atoms with Crippen LogP contribution in [-0.4, -0.2) is 40.6 Å². The molecule has 1 N–H and O–H groups in total. The molecule has 110 valence electrons. The lowest BCUT2D eigenvalue weighted by atomic mass is 10.1. The van der Waals surface area contributed by atoms with Crippen molar-refractivity contribution >= 4 is 5.95 Å². The summed E-state index contributed by atoms with van der Waals surface area (Å²) in [7, 11) is 0. The molecule has 1 heterocycles. The molecule has 0 aliphatic heterocycles. The van der Waals surface area contributed by atoms with E-state index in [9.17, 15) is 0 Å². The van der Waals surface area contributed by atoms with Crippen LogP contribution >= 0.6 is 0 Å². The summed E-state index contributed by atoms with van der Waals surface area (Å²) in [6.07, 6.45) is 7.55. The van der Waals surface area contributed by atoms with Crippen LogP contribution in [0, 0.1) is 0 Å². The van der Waals surface area contributed by atoms with Gasteiger partial charge in [0.15, 0.2) is 0 Å². The largest absolute Gasteiger partial charge is 0.356 e. The van der Waals surface area contributed by atoms with Crippen LogP contribution in [0.5, 0.6) is 0 Å². The number of anilines is 1. The topological polar surface area (TPSA) is 33.1 Å². The van der Waals surface area contributed by atoms with Gasteiger partial charge in [-0.05, 0) is 45.8 Å². The Morgan fingerprint density at radius 1 is 1.32 bits per heavy atom. The van der Waals surface area contributed by atoms with Gasteiger partial charge in [-0.25, -0.2) is 4.98 Å². The molecule has 4 heteroatoms. The quantitative estimate of drug-likeness (QED) is 0.704. The minimum Gasteiger partial charge on any atom is -0.356 e. The summed E-state index contributed by atoms with van der Waals surface area (Å²) in [6, 6.07) is 0.511. The first-order valence-corrected chi connectivity index (χ1v) is 7.71. The molecule has 1 unspecified atom stereocenters. The fourth-order valence-electron chi connectivity index (χ4n) is 2.33. The first kappa shape index (κ1) is 16.0. The molecule has 4 nitrogen and oxygen atoms in total. The van der Waals surface area contributed by atoms with E-state index in [1.807, 2.05) is 6.20 Å². The van der Waals surface area contributed by atoms with Gasteiger partial charge in [0, 0.05) is 25.0 Å². The predicted octanol–water partition coefficient (Wildman–Crippen LogP) is 3.39. The Morgan fingerprint density at radius 2 is 2.05 bits per heavy atom. The van der Waals surface area contributed by atoms with Crippen molar-refractivity contribution in [1.82, 2.24) is 14.5 Å². The van der Waals surface area contributed by atoms with Gasteiger partial charge in [-0.2, -0.15) is 0 Å². The van der Waals surface area contributed by atoms with Gasteiger partial charge >= 0.3 is 0 Å². The zero-order chi connectivity index (χ0) is 14.1. The average molecular weight is 266 g/mol. The van der Waals surface area contributed by atoms with Gasteiger partial charge in [0.2, 0.25) is 5.95 Å². The van der Waals surface area contributed by atoms with Crippen LogP contribution in [0.2, 0.25) is 0 Å². The van der Waals surface area contributed by atoms with Crippen molar-refractivity contribution in [2.45, 2.75) is 53.0 Å². The SMILES string of the molecule is CCCNc1nccn1C(C)CCCN(CC)CC. The molecular weight excluding hydrogens is 236 g/mol. The fourth-order valence-corrected chi connectivity index (χ4v) is 2.33. The molecule has 0 spiro atoms. The average Bonchev–Trinajstić information content (AvgIpc) is 2.89. The first-order valence-electron chi connectivity index (χ1n) is 7.71. The van der Waals surface area contributed by atoms with E-state index in [1.54, 1.807) is 0 Å². The van der Waals surface area contributed by atoms with Crippen molar-refractivity contribution in [3.05, 3.63) is 12.4 Å². The van der Waals surface area contributed by atoms with E-state index in [4.69, 9.17) is 0 Å². The normalized spacial score (nSPS) is 12.9. The lowest BCUT2D eigenvalue weighted by molar-refractivity contribution is 0.288. The summed E-state index contributed by atoms with van der Waals surface area (Å²) in [5.74, 6) is 1.01. The van der Waals surface area contributed by atoms with Gasteiger partial charge in [0.05, 0.1) is 0 Å². The maximum absolute atomic E-state index is 4.39. The first-order chi connectivity index (χ1) is 9.22. The van der Waals surface area contributed by atoms with E-state index in [1.165, 1.54) is 19.4 Å². The smallest absolute Gasteiger partial charge is 0.203 e. The minimum atomic E-state index is 0.511. The predicted molar refractivity (Wildman–Crippen MR) is 82.7 cm³/mol. The van der Waals surface area contributed by atoms with E-state index >= 15 is 0 Å². The molecule has 0 aromatic carbocycles. The highest BCUT2D eigenvalue weighted by Crippen LogP contribution is 2.18. The number of aromatic nitrogens is 2. The van der Waals surface area contributed by atoms with Crippen LogP contribution < -0.4 is 5.32 Å². The van der Waals surface area contributed by atoms with Crippen molar-refractivity contribution in [1.29, 1.82) is 0 Å². The summed E-state index contributed by atoms with van der Waals surface area (Å²) in [6.45, 7) is 13.4. The summed E-state index contributed by atoms with van der Waals surface area (Å²) in [4.78, 5) is 6.87. The van der Waals surface area contributed by atoms with Crippen LogP contribution in [-0.2, 0) is 0 Å². The van der Waals surface area contributed by atoms with E-state index in [0.29, 0.717) is 6.04 Å². The van der Waals surface area contributed by atoms with Crippen molar-refractivity contribution in [2.24, 2.45) is 0 Å². The van der Waals surface area contributed by atoms with Gasteiger partial charge in [-0.15, -0.1) is 0 Å². The molecule has 1 rings (SSSR count). The molecule has 0 radical (unpaired) electrons. The highest BCUT2D eigenvalue weighted by atomic mass is 15.2. The Kier molecular flexibility index (Phi) is 7.56. The molecule has 0 saturated heterocycles. The van der Waals surface area contributed by atoms with Gasteiger partial charge in [-0.1, -0.05) is 20.8 Å². The lowest BCUT2D eigenvalue weighted by Gasteiger charge is -2.21. The molecule has 0 fully saturated rings. The third-order valence-electron chi connectivity index (χ3n) is 3.67. The molecule has 0 saturated carbocycles. The Morgan fingerprint density at radius 3 is 2.68 bits per heavy atom. The molecule has 0 amide bonds. The highest BCUT2D eigenvalue weighted by molar-refractivity contribution is 5.26. The summed E-state index contributed by atoms with van der Waals surface area (Å²) in [5, 5.41) is 3.39. The van der Waals surface area contributed by atoms with Gasteiger partial charge in [0.25, 0.3) is 0 Å². The molecule has 1 atom stereocenters. The molecular formula is C15H30N4. The van der Waals surface area contributed by atoms with Crippen molar-refractivity contribution in [3.63, 3.8) is 0 Å². The van der Waals surface area contributed by atoms with E-state index < -0.39 is 0 Å². The van der Waals surface area contributed by atoms with E-state index in [2.05, 4.69) is 53.7 Å². The van der Waals surface area contributed by atoms with Crippen LogP contribution in [0.3, 0.4) is 0 Å². The Bertz CT molecular complexity index is 331. The van der Waals surface area contributed by atoms with Gasteiger partial charge in [0.1, 0.15) is 0 Å². The number of rotatable bonds is 10. The minimum absolute atomic E-state index is 0.511. The summed E-state index contributed by atoms with van der Waals surface area (Å²) < 4.78 is 2.26. The van der Waals surface area contributed by atoms with Crippen LogP contribution in [0.4, 0.5) is 5.95 Å².